The predicted molar refractivity (Wildman–Crippen MR) is 110 cm³/mol. The van der Waals surface area contributed by atoms with Crippen LogP contribution >= 0.6 is 23.7 Å². The van der Waals surface area contributed by atoms with Gasteiger partial charge in [-0.3, -0.25) is 9.69 Å². The summed E-state index contributed by atoms with van der Waals surface area (Å²) in [6, 6.07) is 6.59. The van der Waals surface area contributed by atoms with Crippen molar-refractivity contribution in [1.29, 1.82) is 0 Å². The highest BCUT2D eigenvalue weighted by molar-refractivity contribution is 7.22. The molecule has 0 atom stereocenters. The Balaban J connectivity index is 0.00000261. The summed E-state index contributed by atoms with van der Waals surface area (Å²) in [5.74, 6) is 0.727. The van der Waals surface area contributed by atoms with Crippen molar-refractivity contribution in [1.82, 2.24) is 9.88 Å². The van der Waals surface area contributed by atoms with Gasteiger partial charge >= 0.3 is 0 Å². The lowest BCUT2D eigenvalue weighted by molar-refractivity contribution is 0.0984. The van der Waals surface area contributed by atoms with E-state index in [9.17, 15) is 9.18 Å². The van der Waals surface area contributed by atoms with E-state index in [1.54, 1.807) is 24.0 Å². The van der Waals surface area contributed by atoms with Gasteiger partial charge in [-0.05, 0) is 59.1 Å². The molecule has 0 bridgehead atoms. The zero-order valence-electron chi connectivity index (χ0n) is 15.8. The average Bonchev–Trinajstić information content (AvgIpc) is 3.14. The number of thiazole rings is 1. The summed E-state index contributed by atoms with van der Waals surface area (Å²) >= 11 is 1.32. The number of anilines is 1. The second kappa shape index (κ2) is 8.82. The second-order valence-corrected chi connectivity index (χ2v) is 7.53. The van der Waals surface area contributed by atoms with Crippen LogP contribution in [0.5, 0.6) is 0 Å². The third-order valence-electron chi connectivity index (χ3n) is 4.09. The lowest BCUT2D eigenvalue weighted by Gasteiger charge is -2.20. The highest BCUT2D eigenvalue weighted by Crippen LogP contribution is 2.31. The van der Waals surface area contributed by atoms with E-state index in [-0.39, 0.29) is 24.1 Å². The van der Waals surface area contributed by atoms with Gasteiger partial charge < -0.3 is 9.32 Å². The minimum atomic E-state index is -0.374. The van der Waals surface area contributed by atoms with Gasteiger partial charge in [-0.1, -0.05) is 17.4 Å². The molecule has 0 radical (unpaired) electrons. The first-order chi connectivity index (χ1) is 12.4. The molecule has 0 aliphatic carbocycles. The molecule has 27 heavy (non-hydrogen) atoms. The summed E-state index contributed by atoms with van der Waals surface area (Å²) in [6.45, 7) is 4.93. The smallest absolute Gasteiger partial charge is 0.263 e. The molecule has 3 rings (SSSR count). The first kappa shape index (κ1) is 21.3. The molecule has 1 aromatic carbocycles. The monoisotopic (exact) mass is 411 g/mol. The van der Waals surface area contributed by atoms with E-state index in [0.29, 0.717) is 34.3 Å². The lowest BCUT2D eigenvalue weighted by atomic mass is 10.2. The van der Waals surface area contributed by atoms with E-state index < -0.39 is 0 Å². The predicted octanol–water partition coefficient (Wildman–Crippen LogP) is 4.67. The Labute approximate surface area is 168 Å². The van der Waals surface area contributed by atoms with Crippen molar-refractivity contribution >= 4 is 45.0 Å². The summed E-state index contributed by atoms with van der Waals surface area (Å²) in [7, 11) is 3.98. The fourth-order valence-corrected chi connectivity index (χ4v) is 3.84. The van der Waals surface area contributed by atoms with Gasteiger partial charge in [0.1, 0.15) is 22.9 Å². The van der Waals surface area contributed by atoms with Crippen molar-refractivity contribution in [2.24, 2.45) is 0 Å². The average molecular weight is 412 g/mol. The van der Waals surface area contributed by atoms with E-state index in [4.69, 9.17) is 4.42 Å². The second-order valence-electron chi connectivity index (χ2n) is 6.52. The SMILES string of the molecule is Cc1cc(C(=O)N(CCCN(C)C)c2nc3c(F)cccc3s2)c(C)o1.Cl. The number of carbonyl (C=O) groups excluding carboxylic acids is 1. The zero-order valence-corrected chi connectivity index (χ0v) is 17.4. The number of halogens is 2. The van der Waals surface area contributed by atoms with Crippen LogP contribution in [0.15, 0.2) is 28.7 Å². The van der Waals surface area contributed by atoms with Crippen molar-refractivity contribution in [3.8, 4) is 0 Å². The Morgan fingerprint density at radius 3 is 2.59 bits per heavy atom. The molecule has 146 valence electrons. The molecule has 8 heteroatoms. The molecule has 1 amide bonds. The highest BCUT2D eigenvalue weighted by atomic mass is 35.5. The summed E-state index contributed by atoms with van der Waals surface area (Å²) in [5.41, 5.74) is 0.824. The number of benzene rings is 1. The maximum atomic E-state index is 14.0. The Morgan fingerprint density at radius 1 is 1.26 bits per heavy atom. The number of fused-ring (bicyclic) bond motifs is 1. The van der Waals surface area contributed by atoms with Gasteiger partial charge in [0.05, 0.1) is 10.3 Å². The van der Waals surface area contributed by atoms with Crippen LogP contribution in [0.3, 0.4) is 0 Å². The standard InChI is InChI=1S/C19H22FN3O2S.ClH/c1-12-11-14(13(2)25-12)18(24)23(10-6-9-22(3)4)19-21-17-15(20)7-5-8-16(17)26-19;/h5,7-8,11H,6,9-10H2,1-4H3;1H. The van der Waals surface area contributed by atoms with Crippen LogP contribution in [0.25, 0.3) is 10.2 Å². The Morgan fingerprint density at radius 2 is 2.00 bits per heavy atom. The quantitative estimate of drug-likeness (QED) is 0.591. The van der Waals surface area contributed by atoms with Crippen molar-refractivity contribution in [3.05, 3.63) is 47.2 Å². The maximum Gasteiger partial charge on any atom is 0.263 e. The summed E-state index contributed by atoms with van der Waals surface area (Å²) in [5, 5.41) is 0.507. The number of carbonyl (C=O) groups is 1. The first-order valence-corrected chi connectivity index (χ1v) is 9.27. The summed E-state index contributed by atoms with van der Waals surface area (Å²) in [4.78, 5) is 21.2. The molecule has 0 N–H and O–H groups in total. The Hall–Kier alpha value is -1.96. The van der Waals surface area contributed by atoms with Gasteiger partial charge in [0, 0.05) is 6.54 Å². The largest absolute Gasteiger partial charge is 0.466 e. The number of hydrogen-bond acceptors (Lipinski definition) is 5. The number of nitrogens with zero attached hydrogens (tertiary/aromatic N) is 3. The highest BCUT2D eigenvalue weighted by Gasteiger charge is 2.25. The van der Waals surface area contributed by atoms with Gasteiger partial charge in [-0.25, -0.2) is 9.37 Å². The van der Waals surface area contributed by atoms with E-state index in [1.807, 2.05) is 27.1 Å². The number of aryl methyl sites for hydroxylation is 2. The van der Waals surface area contributed by atoms with Crippen molar-refractivity contribution in [3.63, 3.8) is 0 Å². The maximum absolute atomic E-state index is 14.0. The molecule has 3 aromatic rings. The minimum absolute atomic E-state index is 0. The molecule has 0 aliphatic heterocycles. The van der Waals surface area contributed by atoms with Gasteiger partial charge in [0.2, 0.25) is 0 Å². The topological polar surface area (TPSA) is 49.6 Å². The molecule has 0 spiro atoms. The third-order valence-corrected chi connectivity index (χ3v) is 5.14. The normalized spacial score (nSPS) is 11.0. The number of para-hydroxylation sites is 1. The van der Waals surface area contributed by atoms with Crippen molar-refractivity contribution in [2.45, 2.75) is 20.3 Å². The molecule has 2 heterocycles. The van der Waals surface area contributed by atoms with Crippen LogP contribution in [0.1, 0.15) is 28.3 Å². The van der Waals surface area contributed by atoms with Gasteiger partial charge in [-0.15, -0.1) is 12.4 Å². The van der Waals surface area contributed by atoms with E-state index in [2.05, 4.69) is 9.88 Å². The van der Waals surface area contributed by atoms with Gasteiger partial charge in [0.25, 0.3) is 5.91 Å². The fourth-order valence-electron chi connectivity index (χ4n) is 2.84. The molecule has 2 aromatic heterocycles. The number of amides is 1. The van der Waals surface area contributed by atoms with Crippen LogP contribution in [0.2, 0.25) is 0 Å². The van der Waals surface area contributed by atoms with Crippen molar-refractivity contribution < 1.29 is 13.6 Å². The minimum Gasteiger partial charge on any atom is -0.466 e. The molecule has 0 fully saturated rings. The summed E-state index contributed by atoms with van der Waals surface area (Å²) in [6.07, 6.45) is 0.785. The molecule has 0 aliphatic rings. The van der Waals surface area contributed by atoms with E-state index in [0.717, 1.165) is 17.7 Å². The molecular formula is C19H23ClFN3O2S. The lowest BCUT2D eigenvalue weighted by Crippen LogP contribution is -2.33. The van der Waals surface area contributed by atoms with Crippen LogP contribution in [0, 0.1) is 19.7 Å². The molecular weight excluding hydrogens is 389 g/mol. The van der Waals surface area contributed by atoms with Crippen LogP contribution < -0.4 is 4.90 Å². The Kier molecular flexibility index (Phi) is 6.97. The van der Waals surface area contributed by atoms with Crippen LogP contribution in [-0.4, -0.2) is 43.0 Å². The molecule has 0 saturated carbocycles. The fraction of sp³-hybridized carbons (Fsp3) is 0.368. The van der Waals surface area contributed by atoms with Gasteiger partial charge in [-0.2, -0.15) is 0 Å². The molecule has 0 unspecified atom stereocenters. The zero-order chi connectivity index (χ0) is 18.8. The number of furan rings is 1. The van der Waals surface area contributed by atoms with E-state index >= 15 is 0 Å². The number of hydrogen-bond donors (Lipinski definition) is 0. The van der Waals surface area contributed by atoms with Crippen LogP contribution in [-0.2, 0) is 0 Å². The Bertz CT molecular complexity index is 938. The van der Waals surface area contributed by atoms with Crippen LogP contribution in [0.4, 0.5) is 9.52 Å². The number of aromatic nitrogens is 1. The van der Waals surface area contributed by atoms with Crippen molar-refractivity contribution in [2.75, 3.05) is 32.1 Å². The van der Waals surface area contributed by atoms with E-state index in [1.165, 1.54) is 17.4 Å². The first-order valence-electron chi connectivity index (χ1n) is 8.45. The molecule has 5 nitrogen and oxygen atoms in total. The third kappa shape index (κ3) is 4.66. The van der Waals surface area contributed by atoms with Gasteiger partial charge in [0.15, 0.2) is 5.13 Å². The molecule has 0 saturated heterocycles. The number of rotatable bonds is 6. The summed E-state index contributed by atoms with van der Waals surface area (Å²) < 4.78 is 20.3.